The second-order valence-corrected chi connectivity index (χ2v) is 6.51. The number of carbonyl (C=O) groups excluding carboxylic acids is 1. The van der Waals surface area contributed by atoms with Crippen molar-refractivity contribution >= 4 is 12.0 Å². The molecule has 2 heterocycles. The van der Waals surface area contributed by atoms with Crippen LogP contribution >= 0.6 is 0 Å². The van der Waals surface area contributed by atoms with Crippen molar-refractivity contribution in [2.45, 2.75) is 38.8 Å². The topological polar surface area (TPSA) is 87.5 Å². The minimum atomic E-state index is -0.953. The first-order valence-electron chi connectivity index (χ1n) is 8.95. The lowest BCUT2D eigenvalue weighted by Crippen LogP contribution is -2.45. The minimum absolute atomic E-state index is 0.0878. The molecule has 0 spiro atoms. The molecule has 0 aliphatic carbocycles. The Hall–Kier alpha value is -2.83. The Kier molecular flexibility index (Phi) is 5.55. The summed E-state index contributed by atoms with van der Waals surface area (Å²) in [5.74, 6) is 0.0988. The van der Waals surface area contributed by atoms with Crippen molar-refractivity contribution in [3.63, 3.8) is 0 Å². The number of aryl methyl sites for hydroxylation is 1. The molecule has 1 aromatic heterocycles. The van der Waals surface area contributed by atoms with E-state index in [0.29, 0.717) is 13.1 Å². The molecule has 2 aromatic rings. The molecule has 1 unspecified atom stereocenters. The van der Waals surface area contributed by atoms with Crippen molar-refractivity contribution in [1.82, 2.24) is 19.8 Å². The van der Waals surface area contributed by atoms with Crippen LogP contribution in [0.2, 0.25) is 0 Å². The van der Waals surface area contributed by atoms with Gasteiger partial charge in [-0.15, -0.1) is 0 Å². The third kappa shape index (κ3) is 4.04. The monoisotopic (exact) mass is 356 g/mol. The number of piperidine rings is 1. The maximum atomic E-state index is 12.5. The van der Waals surface area contributed by atoms with Crippen molar-refractivity contribution in [2.24, 2.45) is 0 Å². The highest BCUT2D eigenvalue weighted by molar-refractivity contribution is 5.87. The number of nitrogens with one attached hydrogen (secondary N) is 1. The summed E-state index contributed by atoms with van der Waals surface area (Å²) in [4.78, 5) is 29.6. The number of nitrogens with zero attached hydrogens (tertiary/aromatic N) is 3. The SMILES string of the molecule is CCc1nccn1C1CCCN(C(=O)NCc2ccc(C(=O)O)cc2)C1. The summed E-state index contributed by atoms with van der Waals surface area (Å²) in [6, 6.07) is 6.72. The van der Waals surface area contributed by atoms with E-state index in [-0.39, 0.29) is 17.6 Å². The van der Waals surface area contributed by atoms with Gasteiger partial charge in [0.1, 0.15) is 5.82 Å². The van der Waals surface area contributed by atoms with E-state index in [2.05, 4.69) is 21.8 Å². The van der Waals surface area contributed by atoms with Crippen LogP contribution in [-0.4, -0.2) is 44.6 Å². The fraction of sp³-hybridized carbons (Fsp3) is 0.421. The molecule has 1 aliphatic heterocycles. The third-order valence-electron chi connectivity index (χ3n) is 4.79. The van der Waals surface area contributed by atoms with E-state index in [1.165, 1.54) is 0 Å². The Balaban J connectivity index is 1.56. The zero-order valence-electron chi connectivity index (χ0n) is 14.9. The number of benzene rings is 1. The molecule has 1 saturated heterocycles. The van der Waals surface area contributed by atoms with Crippen LogP contribution in [-0.2, 0) is 13.0 Å². The Bertz CT molecular complexity index is 769. The predicted molar refractivity (Wildman–Crippen MR) is 97.1 cm³/mol. The summed E-state index contributed by atoms with van der Waals surface area (Å²) in [5, 5.41) is 11.8. The highest BCUT2D eigenvalue weighted by Crippen LogP contribution is 2.23. The van der Waals surface area contributed by atoms with Gasteiger partial charge in [0.2, 0.25) is 0 Å². The van der Waals surface area contributed by atoms with Crippen LogP contribution in [0.4, 0.5) is 4.79 Å². The van der Waals surface area contributed by atoms with Gasteiger partial charge >= 0.3 is 12.0 Å². The summed E-state index contributed by atoms with van der Waals surface area (Å²) in [6.45, 7) is 3.89. The summed E-state index contributed by atoms with van der Waals surface area (Å²) in [7, 11) is 0. The highest BCUT2D eigenvalue weighted by atomic mass is 16.4. The first-order valence-corrected chi connectivity index (χ1v) is 8.95. The molecule has 0 saturated carbocycles. The minimum Gasteiger partial charge on any atom is -0.478 e. The van der Waals surface area contributed by atoms with Gasteiger partial charge in [-0.25, -0.2) is 14.6 Å². The molecule has 1 atom stereocenters. The summed E-state index contributed by atoms with van der Waals surface area (Å²) < 4.78 is 2.18. The molecule has 0 bridgehead atoms. The highest BCUT2D eigenvalue weighted by Gasteiger charge is 2.25. The van der Waals surface area contributed by atoms with E-state index in [0.717, 1.165) is 37.2 Å². The van der Waals surface area contributed by atoms with Crippen LogP contribution in [0.15, 0.2) is 36.7 Å². The molecule has 1 fully saturated rings. The van der Waals surface area contributed by atoms with Gasteiger partial charge in [0.25, 0.3) is 0 Å². The van der Waals surface area contributed by atoms with Gasteiger partial charge in [-0.1, -0.05) is 19.1 Å². The van der Waals surface area contributed by atoms with E-state index in [1.54, 1.807) is 24.3 Å². The molecule has 7 nitrogen and oxygen atoms in total. The van der Waals surface area contributed by atoms with Crippen LogP contribution in [0.5, 0.6) is 0 Å². The van der Waals surface area contributed by atoms with E-state index in [4.69, 9.17) is 5.11 Å². The quantitative estimate of drug-likeness (QED) is 0.862. The van der Waals surface area contributed by atoms with Crippen molar-refractivity contribution in [1.29, 1.82) is 0 Å². The molecule has 26 heavy (non-hydrogen) atoms. The van der Waals surface area contributed by atoms with Crippen molar-refractivity contribution in [3.8, 4) is 0 Å². The number of urea groups is 1. The lowest BCUT2D eigenvalue weighted by Gasteiger charge is -2.34. The van der Waals surface area contributed by atoms with Gasteiger partial charge in [-0.05, 0) is 30.5 Å². The van der Waals surface area contributed by atoms with Gasteiger partial charge in [0, 0.05) is 38.4 Å². The Morgan fingerprint density at radius 2 is 2.08 bits per heavy atom. The zero-order chi connectivity index (χ0) is 18.5. The first-order chi connectivity index (χ1) is 12.6. The van der Waals surface area contributed by atoms with Crippen LogP contribution in [0, 0.1) is 0 Å². The summed E-state index contributed by atoms with van der Waals surface area (Å²) in [6.07, 6.45) is 6.70. The number of carboxylic acids is 1. The van der Waals surface area contributed by atoms with Gasteiger partial charge in [0.05, 0.1) is 11.6 Å². The molecule has 0 radical (unpaired) electrons. The van der Waals surface area contributed by atoms with Crippen molar-refractivity contribution in [3.05, 3.63) is 53.6 Å². The van der Waals surface area contributed by atoms with E-state index in [1.807, 2.05) is 17.3 Å². The van der Waals surface area contributed by atoms with Gasteiger partial charge in [-0.2, -0.15) is 0 Å². The lowest BCUT2D eigenvalue weighted by atomic mass is 10.1. The Morgan fingerprint density at radius 1 is 1.31 bits per heavy atom. The maximum absolute atomic E-state index is 12.5. The summed E-state index contributed by atoms with van der Waals surface area (Å²) >= 11 is 0. The Labute approximate surface area is 152 Å². The zero-order valence-corrected chi connectivity index (χ0v) is 14.9. The second kappa shape index (κ2) is 8.03. The molecule has 3 rings (SSSR count). The van der Waals surface area contributed by atoms with E-state index < -0.39 is 5.97 Å². The number of carbonyl (C=O) groups is 2. The molecule has 7 heteroatoms. The average molecular weight is 356 g/mol. The molecule has 2 amide bonds. The van der Waals surface area contributed by atoms with Crippen molar-refractivity contribution < 1.29 is 14.7 Å². The van der Waals surface area contributed by atoms with Crippen LogP contribution in [0.3, 0.4) is 0 Å². The molecule has 1 aliphatic rings. The third-order valence-corrected chi connectivity index (χ3v) is 4.79. The number of rotatable bonds is 5. The number of carboxylic acid groups (broad SMARTS) is 1. The fourth-order valence-corrected chi connectivity index (χ4v) is 3.37. The van der Waals surface area contributed by atoms with Crippen LogP contribution in [0.25, 0.3) is 0 Å². The van der Waals surface area contributed by atoms with Gasteiger partial charge in [-0.3, -0.25) is 0 Å². The largest absolute Gasteiger partial charge is 0.478 e. The van der Waals surface area contributed by atoms with E-state index in [9.17, 15) is 9.59 Å². The number of aromatic carboxylic acids is 1. The Morgan fingerprint density at radius 3 is 2.77 bits per heavy atom. The number of hydrogen-bond donors (Lipinski definition) is 2. The number of likely N-dealkylation sites (tertiary alicyclic amines) is 1. The number of aromatic nitrogens is 2. The number of hydrogen-bond acceptors (Lipinski definition) is 3. The van der Waals surface area contributed by atoms with E-state index >= 15 is 0 Å². The molecular weight excluding hydrogens is 332 g/mol. The molecular formula is C19H24N4O3. The number of imidazole rings is 1. The smallest absolute Gasteiger partial charge is 0.335 e. The second-order valence-electron chi connectivity index (χ2n) is 6.51. The molecule has 138 valence electrons. The lowest BCUT2D eigenvalue weighted by molar-refractivity contribution is 0.0697. The first kappa shape index (κ1) is 18.0. The molecule has 1 aromatic carbocycles. The van der Waals surface area contributed by atoms with Crippen molar-refractivity contribution in [2.75, 3.05) is 13.1 Å². The number of amides is 2. The van der Waals surface area contributed by atoms with Crippen LogP contribution in [0.1, 0.15) is 47.6 Å². The maximum Gasteiger partial charge on any atom is 0.335 e. The summed E-state index contributed by atoms with van der Waals surface area (Å²) in [5.41, 5.74) is 1.12. The van der Waals surface area contributed by atoms with Gasteiger partial charge in [0.15, 0.2) is 0 Å². The standard InChI is InChI=1S/C19H24N4O3/c1-2-17-20-9-11-23(17)16-4-3-10-22(13-16)19(26)21-12-14-5-7-15(8-6-14)18(24)25/h5-9,11,16H,2-4,10,12-13H2,1H3,(H,21,26)(H,24,25). The normalized spacial score (nSPS) is 17.1. The average Bonchev–Trinajstić information content (AvgIpc) is 3.15. The molecule has 2 N–H and O–H groups in total. The fourth-order valence-electron chi connectivity index (χ4n) is 3.37. The predicted octanol–water partition coefficient (Wildman–Crippen LogP) is 2.69. The van der Waals surface area contributed by atoms with Gasteiger partial charge < -0.3 is 19.9 Å². The van der Waals surface area contributed by atoms with Crippen LogP contribution < -0.4 is 5.32 Å².